The number of nitrogens with one attached hydrogen (secondary N) is 1. The third kappa shape index (κ3) is 6.28. The lowest BCUT2D eigenvalue weighted by Crippen LogP contribution is -2.06. The van der Waals surface area contributed by atoms with Crippen LogP contribution in [0.25, 0.3) is 60.6 Å². The van der Waals surface area contributed by atoms with Crippen molar-refractivity contribution in [1.29, 1.82) is 0 Å². The molecule has 0 atom stereocenters. The molecule has 0 saturated heterocycles. The smallest absolute Gasteiger partial charge is 0.0707 e. The number of hydrogen-bond acceptors (Lipinski definition) is 3. The molecule has 0 amide bonds. The van der Waals surface area contributed by atoms with Gasteiger partial charge in [-0.1, -0.05) is 140 Å². The fourth-order valence-corrected chi connectivity index (χ4v) is 7.29. The maximum absolute atomic E-state index is 6.15. The van der Waals surface area contributed by atoms with Crippen molar-refractivity contribution in [1.82, 2.24) is 4.57 Å². The van der Waals surface area contributed by atoms with E-state index in [-0.39, 0.29) is 0 Å². The Bertz CT molecular complexity index is 2680. The highest BCUT2D eigenvalue weighted by Crippen LogP contribution is 2.38. The van der Waals surface area contributed by atoms with Crippen LogP contribution in [0.15, 0.2) is 176 Å². The number of para-hydroxylation sites is 2. The highest BCUT2D eigenvalue weighted by Gasteiger charge is 2.16. The Balaban J connectivity index is 0.000000151. The molecule has 52 heavy (non-hydrogen) atoms. The van der Waals surface area contributed by atoms with E-state index in [1.165, 1.54) is 54.6 Å². The molecule has 0 aliphatic carbocycles. The molecule has 0 aliphatic rings. The zero-order chi connectivity index (χ0) is 35.4. The number of anilines is 3. The molecule has 252 valence electrons. The van der Waals surface area contributed by atoms with Crippen LogP contribution in [0.5, 0.6) is 0 Å². The van der Waals surface area contributed by atoms with Gasteiger partial charge in [0.15, 0.2) is 0 Å². The number of benzene rings is 8. The minimum absolute atomic E-state index is 0.431. The van der Waals surface area contributed by atoms with Gasteiger partial charge < -0.3 is 21.4 Å². The summed E-state index contributed by atoms with van der Waals surface area (Å²) in [4.78, 5) is 0. The molecule has 0 radical (unpaired) electrons. The first-order valence-corrected chi connectivity index (χ1v) is 17.6. The number of hydrogen-bond donors (Lipinski definition) is 3. The molecular weight excluding hydrogens is 633 g/mol. The number of aromatic nitrogens is 1. The number of fused-ring (bicyclic) bond motifs is 5. The third-order valence-corrected chi connectivity index (χ3v) is 9.88. The second-order valence-corrected chi connectivity index (χ2v) is 13.0. The summed E-state index contributed by atoms with van der Waals surface area (Å²) < 4.78 is 2.18. The van der Waals surface area contributed by atoms with E-state index < -0.39 is 0 Å². The lowest BCUT2D eigenvalue weighted by Gasteiger charge is -2.12. The number of rotatable bonds is 7. The molecule has 1 aromatic heterocycles. The molecular formula is C48H40N4. The van der Waals surface area contributed by atoms with E-state index in [0.29, 0.717) is 6.67 Å². The van der Waals surface area contributed by atoms with Crippen LogP contribution >= 0.6 is 0 Å². The van der Waals surface area contributed by atoms with Gasteiger partial charge in [0.2, 0.25) is 0 Å². The molecule has 8 aromatic carbocycles. The topological polar surface area (TPSA) is 69.0 Å². The Labute approximate surface area is 304 Å². The molecule has 4 nitrogen and oxygen atoms in total. The molecule has 9 aromatic rings. The van der Waals surface area contributed by atoms with Crippen molar-refractivity contribution >= 4 is 66.5 Å². The summed E-state index contributed by atoms with van der Waals surface area (Å²) in [6.45, 7) is 4.54. The second kappa shape index (κ2) is 14.3. The van der Waals surface area contributed by atoms with Crippen molar-refractivity contribution in [3.05, 3.63) is 193 Å². The average molecular weight is 673 g/mol. The standard InChI is InChI=1S/C25H21N3.C23H19N/c1-2-20-22(27-19-10-4-3-5-11-19)12-13-23-25(20)21-14-17-8-6-7-9-18(17)15-24(21)28(23)16-26;24-23-11-4-2-7-20(23)16-17-12-14-19(15-13-17)22-10-5-8-18-6-1-3-9-21(18)22/h2-15,27H,1,16,26H2;1-15H,16,24H2. The van der Waals surface area contributed by atoms with Crippen molar-refractivity contribution in [2.24, 2.45) is 5.73 Å². The van der Waals surface area contributed by atoms with Crippen LogP contribution < -0.4 is 16.8 Å². The Hall–Kier alpha value is -6.62. The van der Waals surface area contributed by atoms with Gasteiger partial charge in [-0.25, -0.2) is 0 Å². The molecule has 0 fully saturated rings. The molecule has 5 N–H and O–H groups in total. The van der Waals surface area contributed by atoms with Crippen LogP contribution in [0, 0.1) is 0 Å². The minimum Gasteiger partial charge on any atom is -0.398 e. The zero-order valence-corrected chi connectivity index (χ0v) is 29.0. The summed E-state index contributed by atoms with van der Waals surface area (Å²) in [6.07, 6.45) is 2.80. The fraction of sp³-hybridized carbons (Fsp3) is 0.0417. The van der Waals surface area contributed by atoms with E-state index in [0.717, 1.165) is 40.1 Å². The van der Waals surface area contributed by atoms with E-state index >= 15 is 0 Å². The normalized spacial score (nSPS) is 11.1. The SMILES string of the molecule is C=Cc1c(Nc2ccccc2)ccc2c1c1cc3ccccc3cc1n2CN.Nc1ccccc1Cc1ccc(-c2cccc3ccccc23)cc1. The van der Waals surface area contributed by atoms with Crippen molar-refractivity contribution in [2.75, 3.05) is 11.1 Å². The maximum Gasteiger partial charge on any atom is 0.0707 e. The molecule has 1 heterocycles. The molecule has 0 spiro atoms. The largest absolute Gasteiger partial charge is 0.398 e. The van der Waals surface area contributed by atoms with E-state index in [1.807, 2.05) is 42.5 Å². The first-order chi connectivity index (χ1) is 25.6. The molecule has 9 rings (SSSR count). The summed E-state index contributed by atoms with van der Waals surface area (Å²) in [6, 6.07) is 59.2. The van der Waals surface area contributed by atoms with Crippen LogP contribution in [0.4, 0.5) is 17.1 Å². The van der Waals surface area contributed by atoms with Crippen molar-refractivity contribution in [3.63, 3.8) is 0 Å². The predicted molar refractivity (Wildman–Crippen MR) is 224 cm³/mol. The minimum atomic E-state index is 0.431. The molecule has 0 unspecified atom stereocenters. The second-order valence-electron chi connectivity index (χ2n) is 13.0. The number of nitrogens with two attached hydrogens (primary N) is 2. The molecule has 0 bridgehead atoms. The maximum atomic E-state index is 6.15. The summed E-state index contributed by atoms with van der Waals surface area (Å²) >= 11 is 0. The fourth-order valence-electron chi connectivity index (χ4n) is 7.29. The van der Waals surface area contributed by atoms with Crippen molar-refractivity contribution < 1.29 is 0 Å². The van der Waals surface area contributed by atoms with E-state index in [4.69, 9.17) is 11.5 Å². The van der Waals surface area contributed by atoms with Crippen molar-refractivity contribution in [2.45, 2.75) is 13.1 Å². The van der Waals surface area contributed by atoms with Gasteiger partial charge in [0.1, 0.15) is 0 Å². The van der Waals surface area contributed by atoms with Crippen LogP contribution in [0.2, 0.25) is 0 Å². The van der Waals surface area contributed by atoms with Crippen LogP contribution in [-0.4, -0.2) is 4.57 Å². The highest BCUT2D eigenvalue weighted by molar-refractivity contribution is 6.17. The van der Waals surface area contributed by atoms with Gasteiger partial charge in [-0.3, -0.25) is 0 Å². The highest BCUT2D eigenvalue weighted by atomic mass is 15.0. The average Bonchev–Trinajstić information content (AvgIpc) is 3.51. The van der Waals surface area contributed by atoms with E-state index in [9.17, 15) is 0 Å². The lowest BCUT2D eigenvalue weighted by atomic mass is 9.96. The van der Waals surface area contributed by atoms with Crippen LogP contribution in [-0.2, 0) is 13.1 Å². The Morgan fingerprint density at radius 3 is 2.02 bits per heavy atom. The summed E-state index contributed by atoms with van der Waals surface area (Å²) in [5.74, 6) is 0. The van der Waals surface area contributed by atoms with Gasteiger partial charge in [0.25, 0.3) is 0 Å². The predicted octanol–water partition coefficient (Wildman–Crippen LogP) is 11.9. The summed E-state index contributed by atoms with van der Waals surface area (Å²) in [7, 11) is 0. The molecule has 4 heteroatoms. The number of nitrogens with zero attached hydrogens (tertiary/aromatic N) is 1. The van der Waals surface area contributed by atoms with Gasteiger partial charge in [0, 0.05) is 33.4 Å². The van der Waals surface area contributed by atoms with Gasteiger partial charge in [0.05, 0.1) is 17.7 Å². The van der Waals surface area contributed by atoms with Gasteiger partial charge in [-0.05, 0) is 92.7 Å². The summed E-state index contributed by atoms with van der Waals surface area (Å²) in [5, 5.41) is 10.9. The first-order valence-electron chi connectivity index (χ1n) is 17.6. The van der Waals surface area contributed by atoms with Crippen LogP contribution in [0.1, 0.15) is 16.7 Å². The monoisotopic (exact) mass is 672 g/mol. The Kier molecular flexibility index (Phi) is 8.97. The first kappa shape index (κ1) is 32.6. The molecule has 0 saturated carbocycles. The number of nitrogen functional groups attached to an aromatic ring is 1. The van der Waals surface area contributed by atoms with Gasteiger partial charge in [-0.15, -0.1) is 0 Å². The quantitative estimate of drug-likeness (QED) is 0.148. The van der Waals surface area contributed by atoms with E-state index in [1.54, 1.807) is 0 Å². The Morgan fingerprint density at radius 1 is 0.596 bits per heavy atom. The van der Waals surface area contributed by atoms with Crippen molar-refractivity contribution in [3.8, 4) is 11.1 Å². The van der Waals surface area contributed by atoms with Gasteiger partial charge in [-0.2, -0.15) is 0 Å². The Morgan fingerprint density at radius 2 is 1.27 bits per heavy atom. The van der Waals surface area contributed by atoms with E-state index in [2.05, 4.69) is 150 Å². The van der Waals surface area contributed by atoms with Crippen LogP contribution in [0.3, 0.4) is 0 Å². The lowest BCUT2D eigenvalue weighted by molar-refractivity contribution is 0.791. The third-order valence-electron chi connectivity index (χ3n) is 9.88. The molecule has 0 aliphatic heterocycles. The van der Waals surface area contributed by atoms with Gasteiger partial charge >= 0.3 is 0 Å². The summed E-state index contributed by atoms with van der Waals surface area (Å²) in [5.41, 5.74) is 23.5. The zero-order valence-electron chi connectivity index (χ0n) is 29.0.